The molecule has 1 aliphatic rings. The Hall–Kier alpha value is -1.05. The van der Waals surface area contributed by atoms with Crippen LogP contribution in [0.5, 0.6) is 0 Å². The Morgan fingerprint density at radius 3 is 3.10 bits per heavy atom. The summed E-state index contributed by atoms with van der Waals surface area (Å²) >= 11 is 0. The average molecular weight is 138 g/mol. The molecule has 1 aliphatic heterocycles. The molecule has 0 aliphatic carbocycles. The van der Waals surface area contributed by atoms with Gasteiger partial charge < -0.3 is 4.74 Å². The van der Waals surface area contributed by atoms with Crippen LogP contribution in [0.25, 0.3) is 0 Å². The summed E-state index contributed by atoms with van der Waals surface area (Å²) in [6, 6.07) is 0. The maximum Gasteiger partial charge on any atom is 0.331 e. The van der Waals surface area contributed by atoms with Crippen molar-refractivity contribution in [1.82, 2.24) is 0 Å². The molecule has 2 heteroatoms. The molecule has 0 saturated heterocycles. The molecule has 0 bridgehead atoms. The Kier molecular flexibility index (Phi) is 2.26. The summed E-state index contributed by atoms with van der Waals surface area (Å²) < 4.78 is 4.71. The molecule has 0 radical (unpaired) electrons. The van der Waals surface area contributed by atoms with E-state index in [0.29, 0.717) is 6.61 Å². The lowest BCUT2D eigenvalue weighted by molar-refractivity contribution is -0.138. The maximum atomic E-state index is 10.6. The number of carbonyl (C=O) groups is 1. The summed E-state index contributed by atoms with van der Waals surface area (Å²) in [6.07, 6.45) is 6.23. The van der Waals surface area contributed by atoms with Crippen LogP contribution < -0.4 is 0 Å². The second-order valence-corrected chi connectivity index (χ2v) is 2.14. The van der Waals surface area contributed by atoms with Crippen molar-refractivity contribution in [3.05, 3.63) is 23.8 Å². The predicted molar refractivity (Wildman–Crippen MR) is 38.5 cm³/mol. The third kappa shape index (κ3) is 1.72. The first-order valence-electron chi connectivity index (χ1n) is 3.33. The minimum atomic E-state index is -0.223. The molecule has 0 fully saturated rings. The first-order chi connectivity index (χ1) is 4.83. The van der Waals surface area contributed by atoms with Gasteiger partial charge in [0, 0.05) is 12.5 Å². The van der Waals surface area contributed by atoms with Crippen molar-refractivity contribution in [2.45, 2.75) is 13.3 Å². The number of rotatable bonds is 1. The van der Waals surface area contributed by atoms with Gasteiger partial charge in [0.2, 0.25) is 0 Å². The fourth-order valence-electron chi connectivity index (χ4n) is 0.880. The number of carbonyl (C=O) groups excluding carboxylic acids is 1. The SMILES string of the molecule is CC=CC1=CC(=O)OCC1. The summed E-state index contributed by atoms with van der Waals surface area (Å²) in [4.78, 5) is 10.6. The van der Waals surface area contributed by atoms with Gasteiger partial charge >= 0.3 is 5.97 Å². The predicted octanol–water partition coefficient (Wildman–Crippen LogP) is 1.44. The van der Waals surface area contributed by atoms with E-state index in [4.69, 9.17) is 4.74 Å². The zero-order chi connectivity index (χ0) is 7.40. The van der Waals surface area contributed by atoms with Gasteiger partial charge in [0.1, 0.15) is 0 Å². The summed E-state index contributed by atoms with van der Waals surface area (Å²) in [6.45, 7) is 2.45. The van der Waals surface area contributed by atoms with Crippen molar-refractivity contribution in [2.75, 3.05) is 6.61 Å². The minimum Gasteiger partial charge on any atom is -0.462 e. The lowest BCUT2D eigenvalue weighted by Crippen LogP contribution is -2.09. The lowest BCUT2D eigenvalue weighted by Gasteiger charge is -2.08. The Balaban J connectivity index is 2.66. The van der Waals surface area contributed by atoms with Gasteiger partial charge in [-0.25, -0.2) is 4.79 Å². The quantitative estimate of drug-likeness (QED) is 0.512. The average Bonchev–Trinajstić information content (AvgIpc) is 1.88. The van der Waals surface area contributed by atoms with Crippen LogP contribution in [0.1, 0.15) is 13.3 Å². The van der Waals surface area contributed by atoms with E-state index < -0.39 is 0 Å². The monoisotopic (exact) mass is 138 g/mol. The Labute approximate surface area is 60.2 Å². The van der Waals surface area contributed by atoms with Gasteiger partial charge in [-0.2, -0.15) is 0 Å². The Morgan fingerprint density at radius 2 is 2.50 bits per heavy atom. The van der Waals surface area contributed by atoms with E-state index in [-0.39, 0.29) is 5.97 Å². The van der Waals surface area contributed by atoms with Crippen molar-refractivity contribution in [1.29, 1.82) is 0 Å². The normalized spacial score (nSPS) is 18.9. The number of ether oxygens (including phenoxy) is 1. The van der Waals surface area contributed by atoms with Crippen LogP contribution in [0.2, 0.25) is 0 Å². The highest BCUT2D eigenvalue weighted by molar-refractivity contribution is 5.84. The highest BCUT2D eigenvalue weighted by Crippen LogP contribution is 2.09. The highest BCUT2D eigenvalue weighted by Gasteiger charge is 2.06. The van der Waals surface area contributed by atoms with Gasteiger partial charge in [0.15, 0.2) is 0 Å². The Morgan fingerprint density at radius 1 is 1.70 bits per heavy atom. The molecular formula is C8H10O2. The number of cyclic esters (lactones) is 1. The summed E-state index contributed by atoms with van der Waals surface area (Å²) in [5.74, 6) is -0.223. The van der Waals surface area contributed by atoms with Gasteiger partial charge in [0.05, 0.1) is 6.61 Å². The third-order valence-corrected chi connectivity index (χ3v) is 1.32. The fourth-order valence-corrected chi connectivity index (χ4v) is 0.880. The van der Waals surface area contributed by atoms with Crippen LogP contribution in [0.4, 0.5) is 0 Å². The van der Waals surface area contributed by atoms with Gasteiger partial charge in [-0.1, -0.05) is 12.2 Å². The van der Waals surface area contributed by atoms with Crippen molar-refractivity contribution in [3.8, 4) is 0 Å². The molecule has 0 aromatic carbocycles. The first-order valence-corrected chi connectivity index (χ1v) is 3.33. The fraction of sp³-hybridized carbons (Fsp3) is 0.375. The molecule has 10 heavy (non-hydrogen) atoms. The van der Waals surface area contributed by atoms with Gasteiger partial charge in [-0.3, -0.25) is 0 Å². The van der Waals surface area contributed by atoms with Crippen LogP contribution in [0.3, 0.4) is 0 Å². The van der Waals surface area contributed by atoms with E-state index >= 15 is 0 Å². The van der Waals surface area contributed by atoms with E-state index in [2.05, 4.69) is 0 Å². The molecule has 54 valence electrons. The Bertz CT molecular complexity index is 189. The summed E-state index contributed by atoms with van der Waals surface area (Å²) in [7, 11) is 0. The van der Waals surface area contributed by atoms with Crippen LogP contribution in [0.15, 0.2) is 23.8 Å². The molecule has 0 amide bonds. The number of esters is 1. The van der Waals surface area contributed by atoms with Crippen LogP contribution >= 0.6 is 0 Å². The second-order valence-electron chi connectivity index (χ2n) is 2.14. The van der Waals surface area contributed by atoms with Crippen molar-refractivity contribution in [2.24, 2.45) is 0 Å². The molecule has 1 rings (SSSR count). The van der Waals surface area contributed by atoms with E-state index in [1.807, 2.05) is 19.1 Å². The van der Waals surface area contributed by atoms with E-state index in [1.165, 1.54) is 6.08 Å². The molecule has 2 nitrogen and oxygen atoms in total. The molecule has 0 saturated carbocycles. The van der Waals surface area contributed by atoms with Crippen molar-refractivity contribution < 1.29 is 9.53 Å². The standard InChI is InChI=1S/C8H10O2/c1-2-3-7-4-5-10-8(9)6-7/h2-3,6H,4-5H2,1H3. The van der Waals surface area contributed by atoms with E-state index in [0.717, 1.165) is 12.0 Å². The van der Waals surface area contributed by atoms with Gasteiger partial charge in [0.25, 0.3) is 0 Å². The van der Waals surface area contributed by atoms with E-state index in [1.54, 1.807) is 0 Å². The first kappa shape index (κ1) is 7.06. The molecule has 1 heterocycles. The highest BCUT2D eigenvalue weighted by atomic mass is 16.5. The molecule has 0 aromatic rings. The molecule has 0 N–H and O–H groups in total. The zero-order valence-electron chi connectivity index (χ0n) is 5.96. The summed E-state index contributed by atoms with van der Waals surface area (Å²) in [5.41, 5.74) is 1.05. The van der Waals surface area contributed by atoms with Gasteiger partial charge in [-0.15, -0.1) is 0 Å². The van der Waals surface area contributed by atoms with Crippen LogP contribution in [-0.2, 0) is 9.53 Å². The lowest BCUT2D eigenvalue weighted by atomic mass is 10.1. The van der Waals surface area contributed by atoms with Crippen LogP contribution in [0, 0.1) is 0 Å². The number of hydrogen-bond acceptors (Lipinski definition) is 2. The topological polar surface area (TPSA) is 26.3 Å². The minimum absolute atomic E-state index is 0.223. The maximum absolute atomic E-state index is 10.6. The number of allylic oxidation sites excluding steroid dienone is 2. The smallest absolute Gasteiger partial charge is 0.331 e. The molecule has 0 unspecified atom stereocenters. The van der Waals surface area contributed by atoms with Crippen LogP contribution in [-0.4, -0.2) is 12.6 Å². The number of hydrogen-bond donors (Lipinski definition) is 0. The largest absolute Gasteiger partial charge is 0.462 e. The zero-order valence-corrected chi connectivity index (χ0v) is 5.96. The molecule has 0 atom stereocenters. The molecule has 0 spiro atoms. The van der Waals surface area contributed by atoms with Crippen molar-refractivity contribution in [3.63, 3.8) is 0 Å². The van der Waals surface area contributed by atoms with Gasteiger partial charge in [-0.05, 0) is 12.5 Å². The second kappa shape index (κ2) is 3.20. The summed E-state index contributed by atoms with van der Waals surface area (Å²) in [5, 5.41) is 0. The molecule has 0 aromatic heterocycles. The third-order valence-electron chi connectivity index (χ3n) is 1.32. The van der Waals surface area contributed by atoms with E-state index in [9.17, 15) is 4.79 Å². The van der Waals surface area contributed by atoms with Crippen molar-refractivity contribution >= 4 is 5.97 Å². The molecular weight excluding hydrogens is 128 g/mol.